The van der Waals surface area contributed by atoms with Crippen LogP contribution in [0.5, 0.6) is 0 Å². The number of aromatic nitrogens is 2. The molecule has 8 nitrogen and oxygen atoms in total. The number of nitrogens with one attached hydrogen (secondary N) is 1. The first-order valence-corrected chi connectivity index (χ1v) is 6.73. The van der Waals surface area contributed by atoms with Crippen molar-refractivity contribution < 1.29 is 19.1 Å². The van der Waals surface area contributed by atoms with Crippen LogP contribution < -0.4 is 5.73 Å². The lowest BCUT2D eigenvalue weighted by molar-refractivity contribution is -0.149. The molecule has 0 radical (unpaired) electrons. The predicted molar refractivity (Wildman–Crippen MR) is 74.2 cm³/mol. The summed E-state index contributed by atoms with van der Waals surface area (Å²) in [4.78, 5) is 25.7. The van der Waals surface area contributed by atoms with Gasteiger partial charge in [0.25, 0.3) is 0 Å². The van der Waals surface area contributed by atoms with Crippen LogP contribution in [0.1, 0.15) is 45.0 Å². The second-order valence-corrected chi connectivity index (χ2v) is 5.76. The lowest BCUT2D eigenvalue weighted by Crippen LogP contribution is -2.39. The Morgan fingerprint density at radius 3 is 2.71 bits per heavy atom. The number of ether oxygens (including phenoxy) is 2. The highest BCUT2D eigenvalue weighted by molar-refractivity contribution is 5.85. The van der Waals surface area contributed by atoms with Crippen molar-refractivity contribution in [3.63, 3.8) is 0 Å². The summed E-state index contributed by atoms with van der Waals surface area (Å²) in [6, 6.07) is -0.903. The second kappa shape index (κ2) is 5.27. The fourth-order valence-electron chi connectivity index (χ4n) is 2.16. The van der Waals surface area contributed by atoms with E-state index >= 15 is 0 Å². The quantitative estimate of drug-likeness (QED) is 0.797. The standard InChI is InChI=1S/C13H20N4O4/c1-5-20-11(18)9-8-7(10(14)16-15-8)6-17(9)12(19)21-13(2,3)4/h9H,5-6H2,1-4H3,(H3,14,15,16). The van der Waals surface area contributed by atoms with Crippen LogP contribution >= 0.6 is 0 Å². The molecule has 1 aromatic rings. The molecular weight excluding hydrogens is 276 g/mol. The third-order valence-corrected chi connectivity index (χ3v) is 2.98. The number of carbonyl (C=O) groups excluding carboxylic acids is 2. The summed E-state index contributed by atoms with van der Waals surface area (Å²) in [5.74, 6) is -0.267. The third-order valence-electron chi connectivity index (χ3n) is 2.98. The Morgan fingerprint density at radius 2 is 2.14 bits per heavy atom. The van der Waals surface area contributed by atoms with Crippen LogP contribution in [0, 0.1) is 0 Å². The van der Waals surface area contributed by atoms with Crippen molar-refractivity contribution in [2.75, 3.05) is 12.3 Å². The maximum absolute atomic E-state index is 12.3. The number of nitrogens with two attached hydrogens (primary N) is 1. The molecule has 116 valence electrons. The highest BCUT2D eigenvalue weighted by Gasteiger charge is 2.44. The Labute approximate surface area is 122 Å². The van der Waals surface area contributed by atoms with Crippen LogP contribution in [0.4, 0.5) is 10.6 Å². The van der Waals surface area contributed by atoms with Crippen LogP contribution in [0.3, 0.4) is 0 Å². The second-order valence-electron chi connectivity index (χ2n) is 5.76. The molecule has 0 spiro atoms. The Bertz CT molecular complexity index is 561. The van der Waals surface area contributed by atoms with Crippen LogP contribution in [0.15, 0.2) is 0 Å². The van der Waals surface area contributed by atoms with E-state index in [1.54, 1.807) is 27.7 Å². The number of nitrogens with zero attached hydrogens (tertiary/aromatic N) is 2. The molecule has 0 aliphatic carbocycles. The average molecular weight is 296 g/mol. The maximum Gasteiger partial charge on any atom is 0.411 e. The van der Waals surface area contributed by atoms with Gasteiger partial charge >= 0.3 is 12.1 Å². The summed E-state index contributed by atoms with van der Waals surface area (Å²) in [5.41, 5.74) is 6.20. The van der Waals surface area contributed by atoms with Crippen molar-refractivity contribution in [1.29, 1.82) is 0 Å². The number of hydrogen-bond donors (Lipinski definition) is 2. The van der Waals surface area contributed by atoms with E-state index < -0.39 is 23.7 Å². The Kier molecular flexibility index (Phi) is 3.80. The van der Waals surface area contributed by atoms with Gasteiger partial charge in [0.2, 0.25) is 0 Å². The molecule has 1 amide bonds. The van der Waals surface area contributed by atoms with Crippen molar-refractivity contribution in [2.45, 2.75) is 45.9 Å². The largest absolute Gasteiger partial charge is 0.464 e. The molecule has 0 fully saturated rings. The monoisotopic (exact) mass is 296 g/mol. The first-order chi connectivity index (χ1) is 9.74. The van der Waals surface area contributed by atoms with Crippen molar-refractivity contribution >= 4 is 17.9 Å². The summed E-state index contributed by atoms with van der Waals surface area (Å²) in [6.07, 6.45) is -0.593. The molecule has 8 heteroatoms. The summed E-state index contributed by atoms with van der Waals surface area (Å²) in [5, 5.41) is 6.56. The fraction of sp³-hybridized carbons (Fsp3) is 0.615. The van der Waals surface area contributed by atoms with Gasteiger partial charge in [-0.15, -0.1) is 0 Å². The molecule has 0 aromatic carbocycles. The molecule has 0 bridgehead atoms. The number of anilines is 1. The topological polar surface area (TPSA) is 111 Å². The Hall–Kier alpha value is -2.25. The van der Waals surface area contributed by atoms with Crippen LogP contribution in [0.25, 0.3) is 0 Å². The SMILES string of the molecule is CCOC(=O)C1c2[nH]nc(N)c2CN1C(=O)OC(C)(C)C. The van der Waals surface area contributed by atoms with Gasteiger partial charge in [-0.05, 0) is 27.7 Å². The normalized spacial score (nSPS) is 17.5. The van der Waals surface area contributed by atoms with E-state index in [1.807, 2.05) is 0 Å². The summed E-state index contributed by atoms with van der Waals surface area (Å²) >= 11 is 0. The first-order valence-electron chi connectivity index (χ1n) is 6.73. The number of amides is 1. The molecule has 0 saturated carbocycles. The smallest absolute Gasteiger partial charge is 0.411 e. The number of H-pyrrole nitrogens is 1. The lowest BCUT2D eigenvalue weighted by atomic mass is 10.2. The zero-order chi connectivity index (χ0) is 15.8. The molecule has 3 N–H and O–H groups in total. The number of esters is 1. The van der Waals surface area contributed by atoms with E-state index in [4.69, 9.17) is 15.2 Å². The van der Waals surface area contributed by atoms with Gasteiger partial charge in [-0.1, -0.05) is 0 Å². The van der Waals surface area contributed by atoms with Crippen molar-refractivity contribution in [3.8, 4) is 0 Å². The average Bonchev–Trinajstić information content (AvgIpc) is 2.88. The summed E-state index contributed by atoms with van der Waals surface area (Å²) < 4.78 is 10.4. The zero-order valence-electron chi connectivity index (χ0n) is 12.6. The highest BCUT2D eigenvalue weighted by atomic mass is 16.6. The number of hydrogen-bond acceptors (Lipinski definition) is 6. The van der Waals surface area contributed by atoms with Gasteiger partial charge in [0.05, 0.1) is 18.8 Å². The number of nitrogen functional groups attached to an aromatic ring is 1. The Morgan fingerprint density at radius 1 is 1.48 bits per heavy atom. The van der Waals surface area contributed by atoms with Crippen LogP contribution in [0.2, 0.25) is 0 Å². The van der Waals surface area contributed by atoms with Gasteiger partial charge in [-0.2, -0.15) is 5.10 Å². The van der Waals surface area contributed by atoms with Gasteiger partial charge in [-0.3, -0.25) is 10.00 Å². The minimum absolute atomic E-state index is 0.163. The molecule has 21 heavy (non-hydrogen) atoms. The van der Waals surface area contributed by atoms with E-state index in [1.165, 1.54) is 4.90 Å². The van der Waals surface area contributed by atoms with Gasteiger partial charge in [0.15, 0.2) is 11.9 Å². The molecule has 0 saturated heterocycles. The van der Waals surface area contributed by atoms with Crippen molar-refractivity contribution in [3.05, 3.63) is 11.3 Å². The number of rotatable bonds is 2. The first kappa shape index (κ1) is 15.1. The van der Waals surface area contributed by atoms with E-state index in [-0.39, 0.29) is 19.0 Å². The molecule has 1 unspecified atom stereocenters. The Balaban J connectivity index is 2.29. The molecule has 1 aromatic heterocycles. The van der Waals surface area contributed by atoms with Gasteiger partial charge in [0.1, 0.15) is 5.60 Å². The van der Waals surface area contributed by atoms with Crippen LogP contribution in [-0.2, 0) is 20.8 Å². The van der Waals surface area contributed by atoms with E-state index in [2.05, 4.69) is 10.2 Å². The van der Waals surface area contributed by atoms with E-state index in [0.717, 1.165) is 0 Å². The highest BCUT2D eigenvalue weighted by Crippen LogP contribution is 2.36. The molecule has 2 rings (SSSR count). The lowest BCUT2D eigenvalue weighted by Gasteiger charge is -2.27. The molecular formula is C13H20N4O4. The summed E-state index contributed by atoms with van der Waals surface area (Å²) in [6.45, 7) is 7.36. The predicted octanol–water partition coefficient (Wildman–Crippen LogP) is 1.35. The number of carbonyl (C=O) groups is 2. The fourth-order valence-corrected chi connectivity index (χ4v) is 2.16. The summed E-state index contributed by atoms with van der Waals surface area (Å²) in [7, 11) is 0. The molecule has 2 heterocycles. The van der Waals surface area contributed by atoms with Gasteiger partial charge in [0, 0.05) is 5.56 Å². The van der Waals surface area contributed by atoms with Crippen molar-refractivity contribution in [2.24, 2.45) is 0 Å². The minimum atomic E-state index is -0.903. The molecule has 1 aliphatic heterocycles. The van der Waals surface area contributed by atoms with E-state index in [9.17, 15) is 9.59 Å². The molecule has 1 aliphatic rings. The van der Waals surface area contributed by atoms with Gasteiger partial charge in [-0.25, -0.2) is 9.59 Å². The van der Waals surface area contributed by atoms with Gasteiger partial charge < -0.3 is 15.2 Å². The third kappa shape index (κ3) is 2.93. The van der Waals surface area contributed by atoms with E-state index in [0.29, 0.717) is 11.3 Å². The number of aromatic amines is 1. The number of fused-ring (bicyclic) bond motifs is 1. The minimum Gasteiger partial charge on any atom is -0.464 e. The molecule has 1 atom stereocenters. The van der Waals surface area contributed by atoms with Crippen molar-refractivity contribution in [1.82, 2.24) is 15.1 Å². The van der Waals surface area contributed by atoms with Crippen LogP contribution in [-0.4, -0.2) is 39.4 Å². The zero-order valence-corrected chi connectivity index (χ0v) is 12.6. The maximum atomic E-state index is 12.3.